The van der Waals surface area contributed by atoms with Crippen molar-refractivity contribution in [3.63, 3.8) is 0 Å². The Balaban J connectivity index is 3.55. The molecule has 1 aromatic rings. The van der Waals surface area contributed by atoms with E-state index in [4.69, 9.17) is 40.1 Å². The van der Waals surface area contributed by atoms with Gasteiger partial charge in [0.1, 0.15) is 6.07 Å². The lowest BCUT2D eigenvalue weighted by Crippen LogP contribution is -1.96. The predicted octanol–water partition coefficient (Wildman–Crippen LogP) is 3.24. The minimum Gasteiger partial charge on any atom is -0.276 e. The van der Waals surface area contributed by atoms with Crippen LogP contribution in [0.4, 0.5) is 0 Å². The molecule has 1 rings (SSSR count). The van der Waals surface area contributed by atoms with Crippen molar-refractivity contribution in [3.8, 4) is 6.07 Å². The molecule has 0 radical (unpaired) electrons. The summed E-state index contributed by atoms with van der Waals surface area (Å²) in [5.74, 6) is 0. The van der Waals surface area contributed by atoms with Crippen molar-refractivity contribution in [3.05, 3.63) is 33.3 Å². The second-order valence-electron chi connectivity index (χ2n) is 2.16. The highest BCUT2D eigenvalue weighted by atomic mass is 35.5. The molecule has 0 spiro atoms. The van der Waals surface area contributed by atoms with Gasteiger partial charge in [0, 0.05) is 0 Å². The highest BCUT2D eigenvalue weighted by Gasteiger charge is 2.16. The summed E-state index contributed by atoms with van der Waals surface area (Å²) >= 11 is 16.5. The van der Waals surface area contributed by atoms with Gasteiger partial charge in [-0.15, -0.1) is 0 Å². The summed E-state index contributed by atoms with van der Waals surface area (Å²) in [5, 5.41) is 8.17. The van der Waals surface area contributed by atoms with Crippen LogP contribution in [0.2, 0.25) is 10.0 Å². The third kappa shape index (κ3) is 1.94. The average molecular weight is 234 g/mol. The van der Waals surface area contributed by atoms with Gasteiger partial charge in [0.2, 0.25) is 0 Å². The standard InChI is InChI=1S/C8H2Cl3NO/c9-5-1-2-6(10)7(8(11)13)4(5)3-12/h1-2H. The molecule has 0 aliphatic rings. The number of nitrogens with zero attached hydrogens (tertiary/aromatic N) is 1. The first kappa shape index (κ1) is 10.3. The van der Waals surface area contributed by atoms with E-state index < -0.39 is 5.24 Å². The fourth-order valence-electron chi connectivity index (χ4n) is 0.853. The van der Waals surface area contributed by atoms with Crippen LogP contribution in [0, 0.1) is 11.3 Å². The van der Waals surface area contributed by atoms with Crippen LogP contribution in [-0.2, 0) is 0 Å². The van der Waals surface area contributed by atoms with Gasteiger partial charge in [-0.1, -0.05) is 23.2 Å². The molecule has 0 aliphatic heterocycles. The maximum atomic E-state index is 10.9. The number of rotatable bonds is 1. The lowest BCUT2D eigenvalue weighted by atomic mass is 10.1. The van der Waals surface area contributed by atoms with Gasteiger partial charge < -0.3 is 0 Å². The highest BCUT2D eigenvalue weighted by Crippen LogP contribution is 2.27. The van der Waals surface area contributed by atoms with Gasteiger partial charge in [0.25, 0.3) is 5.24 Å². The van der Waals surface area contributed by atoms with Gasteiger partial charge in [-0.2, -0.15) is 5.26 Å². The fourth-order valence-corrected chi connectivity index (χ4v) is 1.54. The lowest BCUT2D eigenvalue weighted by Gasteiger charge is -2.02. The topological polar surface area (TPSA) is 40.9 Å². The second kappa shape index (κ2) is 3.97. The number of hydrogen-bond donors (Lipinski definition) is 0. The van der Waals surface area contributed by atoms with Gasteiger partial charge in [0.05, 0.1) is 21.2 Å². The van der Waals surface area contributed by atoms with Gasteiger partial charge in [0.15, 0.2) is 0 Å². The minimum absolute atomic E-state index is 0.00849. The number of benzene rings is 1. The van der Waals surface area contributed by atoms with Crippen LogP contribution in [-0.4, -0.2) is 5.24 Å². The fraction of sp³-hybridized carbons (Fsp3) is 0. The average Bonchev–Trinajstić information content (AvgIpc) is 2.07. The van der Waals surface area contributed by atoms with E-state index in [1.165, 1.54) is 12.1 Å². The molecular weight excluding hydrogens is 232 g/mol. The Morgan fingerprint density at radius 3 is 2.23 bits per heavy atom. The molecule has 0 unspecified atom stereocenters. The molecule has 0 amide bonds. The van der Waals surface area contributed by atoms with Crippen LogP contribution in [0.3, 0.4) is 0 Å². The summed E-state index contributed by atoms with van der Waals surface area (Å²) in [7, 11) is 0. The molecule has 0 aliphatic carbocycles. The summed E-state index contributed by atoms with van der Waals surface area (Å²) in [6.07, 6.45) is 0. The Morgan fingerprint density at radius 2 is 1.85 bits per heavy atom. The third-order valence-electron chi connectivity index (χ3n) is 1.41. The Bertz CT molecular complexity index is 409. The first-order chi connectivity index (χ1) is 6.07. The Morgan fingerprint density at radius 1 is 1.31 bits per heavy atom. The molecule has 5 heteroatoms. The smallest absolute Gasteiger partial charge is 0.255 e. The van der Waals surface area contributed by atoms with Crippen LogP contribution in [0.15, 0.2) is 12.1 Å². The number of carbonyl (C=O) groups is 1. The van der Waals surface area contributed by atoms with Crippen molar-refractivity contribution >= 4 is 40.0 Å². The maximum absolute atomic E-state index is 10.9. The van der Waals surface area contributed by atoms with Crippen LogP contribution in [0.5, 0.6) is 0 Å². The van der Waals surface area contributed by atoms with Gasteiger partial charge in [-0.25, -0.2) is 0 Å². The summed E-state index contributed by atoms with van der Waals surface area (Å²) < 4.78 is 0. The normalized spacial score (nSPS) is 9.38. The molecule has 13 heavy (non-hydrogen) atoms. The van der Waals surface area contributed by atoms with E-state index in [2.05, 4.69) is 0 Å². The van der Waals surface area contributed by atoms with Gasteiger partial charge >= 0.3 is 0 Å². The molecular formula is C8H2Cl3NO. The van der Waals surface area contributed by atoms with Crippen molar-refractivity contribution < 1.29 is 4.79 Å². The molecule has 66 valence electrons. The quantitative estimate of drug-likeness (QED) is 0.700. The molecule has 0 N–H and O–H groups in total. The Kier molecular flexibility index (Phi) is 3.16. The van der Waals surface area contributed by atoms with E-state index >= 15 is 0 Å². The van der Waals surface area contributed by atoms with Crippen LogP contribution >= 0.6 is 34.8 Å². The molecule has 1 aromatic carbocycles. The zero-order valence-corrected chi connectivity index (χ0v) is 8.41. The van der Waals surface area contributed by atoms with E-state index in [0.717, 1.165) is 0 Å². The molecule has 2 nitrogen and oxygen atoms in total. The van der Waals surface area contributed by atoms with Crippen molar-refractivity contribution in [1.29, 1.82) is 5.26 Å². The SMILES string of the molecule is N#Cc1c(Cl)ccc(Cl)c1C(=O)Cl. The molecule has 0 atom stereocenters. The second-order valence-corrected chi connectivity index (χ2v) is 3.32. The lowest BCUT2D eigenvalue weighted by molar-refractivity contribution is 0.108. The first-order valence-corrected chi connectivity index (χ1v) is 4.29. The van der Waals surface area contributed by atoms with E-state index in [1.807, 2.05) is 0 Å². The van der Waals surface area contributed by atoms with E-state index in [-0.39, 0.29) is 21.2 Å². The van der Waals surface area contributed by atoms with E-state index in [1.54, 1.807) is 6.07 Å². The minimum atomic E-state index is -0.788. The number of nitriles is 1. The molecule has 0 heterocycles. The van der Waals surface area contributed by atoms with Crippen LogP contribution < -0.4 is 0 Å². The summed E-state index contributed by atoms with van der Waals surface area (Å²) in [6, 6.07) is 4.62. The molecule has 0 saturated heterocycles. The van der Waals surface area contributed by atoms with E-state index in [0.29, 0.717) is 0 Å². The third-order valence-corrected chi connectivity index (χ3v) is 2.23. The molecule has 0 bridgehead atoms. The van der Waals surface area contributed by atoms with Crippen molar-refractivity contribution in [1.82, 2.24) is 0 Å². The first-order valence-electron chi connectivity index (χ1n) is 3.16. The Labute approximate surface area is 89.6 Å². The summed E-state index contributed by atoms with van der Waals surface area (Å²) in [6.45, 7) is 0. The number of halogens is 3. The number of carbonyl (C=O) groups excluding carboxylic acids is 1. The van der Waals surface area contributed by atoms with E-state index in [9.17, 15) is 4.79 Å². The summed E-state index contributed by atoms with van der Waals surface area (Å²) in [5.41, 5.74) is -0.0347. The van der Waals surface area contributed by atoms with Crippen LogP contribution in [0.1, 0.15) is 15.9 Å². The van der Waals surface area contributed by atoms with Crippen molar-refractivity contribution in [2.75, 3.05) is 0 Å². The van der Waals surface area contributed by atoms with Crippen molar-refractivity contribution in [2.24, 2.45) is 0 Å². The van der Waals surface area contributed by atoms with Crippen molar-refractivity contribution in [2.45, 2.75) is 0 Å². The molecule has 0 aromatic heterocycles. The Hall–Kier alpha value is -0.750. The monoisotopic (exact) mass is 233 g/mol. The molecule has 0 saturated carbocycles. The van der Waals surface area contributed by atoms with Gasteiger partial charge in [-0.05, 0) is 23.7 Å². The highest BCUT2D eigenvalue weighted by molar-refractivity contribution is 6.69. The molecule has 0 fully saturated rings. The zero-order valence-electron chi connectivity index (χ0n) is 6.14. The maximum Gasteiger partial charge on any atom is 0.255 e. The summed E-state index contributed by atoms with van der Waals surface area (Å²) in [4.78, 5) is 10.9. The predicted molar refractivity (Wildman–Crippen MR) is 51.4 cm³/mol. The zero-order chi connectivity index (χ0) is 10.0. The van der Waals surface area contributed by atoms with Crippen LogP contribution in [0.25, 0.3) is 0 Å². The van der Waals surface area contributed by atoms with Gasteiger partial charge in [-0.3, -0.25) is 4.79 Å². The number of hydrogen-bond acceptors (Lipinski definition) is 2. The largest absolute Gasteiger partial charge is 0.276 e.